The number of imide groups is 1. The molecule has 0 saturated carbocycles. The molecule has 0 aliphatic heterocycles. The lowest BCUT2D eigenvalue weighted by molar-refractivity contribution is -0.117. The predicted octanol–water partition coefficient (Wildman–Crippen LogP) is 2.63. The van der Waals surface area contributed by atoms with E-state index in [1.807, 2.05) is 48.7 Å². The van der Waals surface area contributed by atoms with E-state index in [1.54, 1.807) is 6.08 Å². The fourth-order valence-electron chi connectivity index (χ4n) is 2.28. The summed E-state index contributed by atoms with van der Waals surface area (Å²) in [5.74, 6) is 0.828. The Morgan fingerprint density at radius 1 is 1.26 bits per heavy atom. The molecule has 2 aromatic rings. The molecule has 0 aliphatic rings. The van der Waals surface area contributed by atoms with E-state index in [2.05, 4.69) is 27.4 Å². The van der Waals surface area contributed by atoms with Gasteiger partial charge in [0.25, 0.3) is 0 Å². The van der Waals surface area contributed by atoms with E-state index in [0.717, 1.165) is 11.4 Å². The number of benzene rings is 1. The molecule has 0 fully saturated rings. The Hall–Kier alpha value is -2.61. The van der Waals surface area contributed by atoms with Crippen molar-refractivity contribution in [2.24, 2.45) is 5.92 Å². The van der Waals surface area contributed by atoms with E-state index in [4.69, 9.17) is 0 Å². The lowest BCUT2D eigenvalue weighted by atomic mass is 10.1. The summed E-state index contributed by atoms with van der Waals surface area (Å²) in [6.07, 6.45) is 2.41. The van der Waals surface area contributed by atoms with Crippen molar-refractivity contribution in [3.05, 3.63) is 54.4 Å². The van der Waals surface area contributed by atoms with Crippen molar-refractivity contribution < 1.29 is 9.59 Å². The first kappa shape index (κ1) is 20.7. The summed E-state index contributed by atoms with van der Waals surface area (Å²) in [5.41, 5.74) is 1.13. The molecule has 0 saturated heterocycles. The fraction of sp³-hybridized carbons (Fsp3) is 0.368. The van der Waals surface area contributed by atoms with Gasteiger partial charge in [0.2, 0.25) is 5.91 Å². The van der Waals surface area contributed by atoms with Crippen LogP contribution in [0.3, 0.4) is 0 Å². The van der Waals surface area contributed by atoms with Gasteiger partial charge in [-0.3, -0.25) is 10.1 Å². The Morgan fingerprint density at radius 2 is 2.00 bits per heavy atom. The lowest BCUT2D eigenvalue weighted by Gasteiger charge is -2.09. The first-order valence-electron chi connectivity index (χ1n) is 8.77. The fourth-order valence-corrected chi connectivity index (χ4v) is 3.05. The quantitative estimate of drug-likeness (QED) is 0.510. The van der Waals surface area contributed by atoms with E-state index in [1.165, 1.54) is 11.8 Å². The number of carbonyl (C=O) groups is 2. The largest absolute Gasteiger partial charge is 0.338 e. The Bertz CT molecular complexity index is 774. The zero-order chi connectivity index (χ0) is 19.6. The minimum Gasteiger partial charge on any atom is -0.338 e. The predicted molar refractivity (Wildman–Crippen MR) is 107 cm³/mol. The van der Waals surface area contributed by atoms with E-state index in [0.29, 0.717) is 30.6 Å². The number of amides is 3. The minimum atomic E-state index is -0.480. The third-order valence-corrected chi connectivity index (χ3v) is 4.53. The lowest BCUT2D eigenvalue weighted by Crippen LogP contribution is -2.41. The smallest absolute Gasteiger partial charge is 0.321 e. The Balaban J connectivity index is 1.94. The molecule has 1 aromatic heterocycles. The van der Waals surface area contributed by atoms with E-state index in [9.17, 15) is 9.59 Å². The van der Waals surface area contributed by atoms with Gasteiger partial charge in [-0.2, -0.15) is 0 Å². The van der Waals surface area contributed by atoms with E-state index >= 15 is 0 Å². The second-order valence-electron chi connectivity index (χ2n) is 6.40. The molecule has 0 spiro atoms. The molecule has 27 heavy (non-hydrogen) atoms. The van der Waals surface area contributed by atoms with Crippen molar-refractivity contribution in [2.45, 2.75) is 32.0 Å². The molecule has 2 N–H and O–H groups in total. The highest BCUT2D eigenvalue weighted by Crippen LogP contribution is 2.18. The number of rotatable bonds is 9. The summed E-state index contributed by atoms with van der Waals surface area (Å²) in [6, 6.07) is 9.51. The maximum absolute atomic E-state index is 12.0. The Labute approximate surface area is 163 Å². The van der Waals surface area contributed by atoms with Gasteiger partial charge in [-0.25, -0.2) is 4.79 Å². The van der Waals surface area contributed by atoms with Gasteiger partial charge < -0.3 is 9.88 Å². The van der Waals surface area contributed by atoms with Gasteiger partial charge >= 0.3 is 6.03 Å². The number of urea groups is 1. The first-order chi connectivity index (χ1) is 13.0. The molecule has 8 heteroatoms. The molecule has 0 unspecified atom stereocenters. The molecule has 0 bridgehead atoms. The van der Waals surface area contributed by atoms with Gasteiger partial charge in [-0.05, 0) is 11.5 Å². The van der Waals surface area contributed by atoms with Crippen LogP contribution < -0.4 is 10.6 Å². The Morgan fingerprint density at radius 3 is 2.67 bits per heavy atom. The number of nitrogens with one attached hydrogen (secondary N) is 2. The SMILES string of the molecule is C=CCn1c(Cc2ccccc2)nnc1SCC(=O)NC(=O)NCC(C)C. The normalized spacial score (nSPS) is 10.6. The van der Waals surface area contributed by atoms with Crippen molar-refractivity contribution >= 4 is 23.7 Å². The monoisotopic (exact) mass is 387 g/mol. The molecule has 1 aromatic carbocycles. The zero-order valence-electron chi connectivity index (χ0n) is 15.6. The van der Waals surface area contributed by atoms with Crippen LogP contribution in [-0.4, -0.2) is 39.0 Å². The maximum atomic E-state index is 12.0. The van der Waals surface area contributed by atoms with Crippen LogP contribution in [0, 0.1) is 5.92 Å². The molecule has 0 atom stereocenters. The molecular formula is C19H25N5O2S. The summed E-state index contributed by atoms with van der Waals surface area (Å²) in [7, 11) is 0. The van der Waals surface area contributed by atoms with Crippen molar-refractivity contribution in [1.82, 2.24) is 25.4 Å². The number of carbonyl (C=O) groups excluding carboxylic acids is 2. The zero-order valence-corrected chi connectivity index (χ0v) is 16.5. The highest BCUT2D eigenvalue weighted by molar-refractivity contribution is 7.99. The van der Waals surface area contributed by atoms with Gasteiger partial charge in [0.05, 0.1) is 5.75 Å². The van der Waals surface area contributed by atoms with Crippen LogP contribution in [0.25, 0.3) is 0 Å². The molecule has 0 radical (unpaired) electrons. The van der Waals surface area contributed by atoms with Gasteiger partial charge in [0.1, 0.15) is 5.82 Å². The van der Waals surface area contributed by atoms with E-state index < -0.39 is 6.03 Å². The standard InChI is InChI=1S/C19H25N5O2S/c1-4-10-24-16(11-15-8-6-5-7-9-15)22-23-19(24)27-13-17(25)21-18(26)20-12-14(2)3/h4-9,14H,1,10-13H2,2-3H3,(H2,20,21,25,26). The molecule has 7 nitrogen and oxygen atoms in total. The number of aromatic nitrogens is 3. The minimum absolute atomic E-state index is 0.0791. The highest BCUT2D eigenvalue weighted by atomic mass is 32.2. The number of hydrogen-bond acceptors (Lipinski definition) is 5. The molecule has 2 rings (SSSR count). The summed E-state index contributed by atoms with van der Waals surface area (Å²) in [5, 5.41) is 14.0. The number of thioether (sulfide) groups is 1. The number of nitrogens with zero attached hydrogens (tertiary/aromatic N) is 3. The Kier molecular flexibility index (Phi) is 8.06. The molecule has 144 valence electrons. The van der Waals surface area contributed by atoms with Gasteiger partial charge in [0, 0.05) is 19.5 Å². The molecule has 0 aliphatic carbocycles. The number of hydrogen-bond donors (Lipinski definition) is 2. The van der Waals surface area contributed by atoms with Crippen LogP contribution in [0.1, 0.15) is 25.2 Å². The maximum Gasteiger partial charge on any atom is 0.321 e. The van der Waals surface area contributed by atoms with Crippen LogP contribution in [0.15, 0.2) is 48.1 Å². The summed E-state index contributed by atoms with van der Waals surface area (Å²) >= 11 is 1.24. The summed E-state index contributed by atoms with van der Waals surface area (Å²) < 4.78 is 1.93. The third kappa shape index (κ3) is 6.90. The average molecular weight is 388 g/mol. The summed E-state index contributed by atoms with van der Waals surface area (Å²) in [6.45, 7) is 8.81. The second kappa shape index (κ2) is 10.5. The molecule has 3 amide bonds. The van der Waals surface area contributed by atoms with Crippen LogP contribution in [0.2, 0.25) is 0 Å². The van der Waals surface area contributed by atoms with Gasteiger partial charge in [0.15, 0.2) is 5.16 Å². The highest BCUT2D eigenvalue weighted by Gasteiger charge is 2.15. The van der Waals surface area contributed by atoms with Crippen LogP contribution in [0.4, 0.5) is 4.79 Å². The molecule has 1 heterocycles. The van der Waals surface area contributed by atoms with Crippen LogP contribution in [0.5, 0.6) is 0 Å². The van der Waals surface area contributed by atoms with Crippen molar-refractivity contribution in [1.29, 1.82) is 0 Å². The number of allylic oxidation sites excluding steroid dienone is 1. The van der Waals surface area contributed by atoms with Gasteiger partial charge in [-0.1, -0.05) is 62.0 Å². The van der Waals surface area contributed by atoms with Crippen molar-refractivity contribution in [3.63, 3.8) is 0 Å². The van der Waals surface area contributed by atoms with Crippen molar-refractivity contribution in [3.8, 4) is 0 Å². The van der Waals surface area contributed by atoms with Crippen LogP contribution in [-0.2, 0) is 17.8 Å². The second-order valence-corrected chi connectivity index (χ2v) is 7.34. The molecular weight excluding hydrogens is 362 g/mol. The van der Waals surface area contributed by atoms with E-state index in [-0.39, 0.29) is 11.7 Å². The van der Waals surface area contributed by atoms with Gasteiger partial charge in [-0.15, -0.1) is 16.8 Å². The third-order valence-electron chi connectivity index (χ3n) is 3.57. The van der Waals surface area contributed by atoms with Crippen molar-refractivity contribution in [2.75, 3.05) is 12.3 Å². The first-order valence-corrected chi connectivity index (χ1v) is 9.75. The summed E-state index contributed by atoms with van der Waals surface area (Å²) in [4.78, 5) is 23.6. The van der Waals surface area contributed by atoms with Crippen LogP contribution >= 0.6 is 11.8 Å². The topological polar surface area (TPSA) is 88.9 Å². The average Bonchev–Trinajstić information content (AvgIpc) is 3.01.